The molecule has 0 aliphatic rings. The largest absolute Gasteiger partial charge is 0.493 e. The lowest BCUT2D eigenvalue weighted by atomic mass is 9.94. The van der Waals surface area contributed by atoms with E-state index < -0.39 is 0 Å². The number of carbonyl (C=O) groups is 1. The minimum absolute atomic E-state index is 0.151. The molecule has 0 radical (unpaired) electrons. The van der Waals surface area contributed by atoms with E-state index in [1.54, 1.807) is 14.2 Å². The standard InChI is InChI=1S/C28H27NO3/c1-17-6-9-20(10-7-17)23-14-22(28(30)29-25-11-8-18(2)12-19(25)3)13-21-15-26(31-4)27(32-5)16-24(21)23/h6-16H,1-5H3,(H,29,30). The molecule has 4 aromatic carbocycles. The summed E-state index contributed by atoms with van der Waals surface area (Å²) in [5.41, 5.74) is 6.77. The molecule has 0 saturated heterocycles. The van der Waals surface area contributed by atoms with Crippen molar-refractivity contribution in [2.45, 2.75) is 20.8 Å². The van der Waals surface area contributed by atoms with Crippen LogP contribution in [0.3, 0.4) is 0 Å². The highest BCUT2D eigenvalue weighted by atomic mass is 16.5. The number of rotatable bonds is 5. The second kappa shape index (κ2) is 8.75. The van der Waals surface area contributed by atoms with Crippen molar-refractivity contribution in [3.05, 3.63) is 89.0 Å². The fourth-order valence-electron chi connectivity index (χ4n) is 3.94. The average Bonchev–Trinajstić information content (AvgIpc) is 2.79. The van der Waals surface area contributed by atoms with E-state index in [0.717, 1.165) is 38.7 Å². The molecule has 4 heteroatoms. The molecule has 4 nitrogen and oxygen atoms in total. The van der Waals surface area contributed by atoms with Gasteiger partial charge in [0.25, 0.3) is 5.91 Å². The van der Waals surface area contributed by atoms with E-state index in [1.807, 2.05) is 50.2 Å². The topological polar surface area (TPSA) is 47.6 Å². The first-order chi connectivity index (χ1) is 15.4. The van der Waals surface area contributed by atoms with Crippen molar-refractivity contribution in [1.29, 1.82) is 0 Å². The van der Waals surface area contributed by atoms with Gasteiger partial charge < -0.3 is 14.8 Å². The molecule has 162 valence electrons. The van der Waals surface area contributed by atoms with Gasteiger partial charge in [0.15, 0.2) is 11.5 Å². The Morgan fingerprint density at radius 1 is 0.750 bits per heavy atom. The maximum atomic E-state index is 13.2. The molecule has 0 saturated carbocycles. The maximum Gasteiger partial charge on any atom is 0.255 e. The van der Waals surface area contributed by atoms with Crippen molar-refractivity contribution in [2.24, 2.45) is 0 Å². The number of benzene rings is 4. The van der Waals surface area contributed by atoms with Gasteiger partial charge in [0, 0.05) is 11.3 Å². The molecule has 0 atom stereocenters. The number of hydrogen-bond donors (Lipinski definition) is 1. The number of carbonyl (C=O) groups excluding carboxylic acids is 1. The van der Waals surface area contributed by atoms with Crippen molar-refractivity contribution >= 4 is 22.4 Å². The first-order valence-electron chi connectivity index (χ1n) is 10.5. The van der Waals surface area contributed by atoms with Crippen molar-refractivity contribution in [3.8, 4) is 22.6 Å². The summed E-state index contributed by atoms with van der Waals surface area (Å²) in [6.07, 6.45) is 0. The van der Waals surface area contributed by atoms with E-state index >= 15 is 0 Å². The zero-order valence-corrected chi connectivity index (χ0v) is 19.1. The summed E-state index contributed by atoms with van der Waals surface area (Å²) in [6, 6.07) is 22.0. The average molecular weight is 426 g/mol. The highest BCUT2D eigenvalue weighted by Crippen LogP contribution is 2.38. The fourth-order valence-corrected chi connectivity index (χ4v) is 3.94. The summed E-state index contributed by atoms with van der Waals surface area (Å²) < 4.78 is 11.0. The van der Waals surface area contributed by atoms with Crippen LogP contribution in [0.1, 0.15) is 27.0 Å². The number of ether oxygens (including phenoxy) is 2. The minimum atomic E-state index is -0.151. The van der Waals surface area contributed by atoms with Gasteiger partial charge in [-0.3, -0.25) is 4.79 Å². The number of hydrogen-bond acceptors (Lipinski definition) is 3. The van der Waals surface area contributed by atoms with Crippen molar-refractivity contribution in [3.63, 3.8) is 0 Å². The molecule has 0 spiro atoms. The summed E-state index contributed by atoms with van der Waals surface area (Å²) in [5.74, 6) is 1.13. The van der Waals surface area contributed by atoms with E-state index in [4.69, 9.17) is 9.47 Å². The Kier molecular flexibility index (Phi) is 5.87. The summed E-state index contributed by atoms with van der Waals surface area (Å²) in [7, 11) is 3.24. The minimum Gasteiger partial charge on any atom is -0.493 e. The third-order valence-corrected chi connectivity index (χ3v) is 5.71. The lowest BCUT2D eigenvalue weighted by Gasteiger charge is -2.15. The van der Waals surface area contributed by atoms with E-state index in [2.05, 4.69) is 42.6 Å². The van der Waals surface area contributed by atoms with E-state index in [1.165, 1.54) is 5.56 Å². The SMILES string of the molecule is COc1cc2cc(C(=O)Nc3ccc(C)cc3C)cc(-c3ccc(C)cc3)c2cc1OC. The highest BCUT2D eigenvalue weighted by Gasteiger charge is 2.16. The molecular formula is C28H27NO3. The monoisotopic (exact) mass is 425 g/mol. The molecule has 0 heterocycles. The quantitative estimate of drug-likeness (QED) is 0.387. The molecule has 4 aromatic rings. The predicted molar refractivity (Wildman–Crippen MR) is 131 cm³/mol. The van der Waals surface area contributed by atoms with Crippen LogP contribution < -0.4 is 14.8 Å². The number of amides is 1. The molecule has 1 N–H and O–H groups in total. The van der Waals surface area contributed by atoms with Gasteiger partial charge in [-0.25, -0.2) is 0 Å². The third-order valence-electron chi connectivity index (χ3n) is 5.71. The Hall–Kier alpha value is -3.79. The lowest BCUT2D eigenvalue weighted by molar-refractivity contribution is 0.102. The summed E-state index contributed by atoms with van der Waals surface area (Å²) in [5, 5.41) is 4.97. The van der Waals surface area contributed by atoms with Gasteiger partial charge >= 0.3 is 0 Å². The van der Waals surface area contributed by atoms with E-state index in [-0.39, 0.29) is 5.91 Å². The Morgan fingerprint density at radius 2 is 1.41 bits per heavy atom. The second-order valence-corrected chi connectivity index (χ2v) is 8.09. The van der Waals surface area contributed by atoms with Gasteiger partial charge in [-0.2, -0.15) is 0 Å². The van der Waals surface area contributed by atoms with Gasteiger partial charge in [-0.1, -0.05) is 47.5 Å². The normalized spacial score (nSPS) is 10.8. The Bertz CT molecular complexity index is 1310. The van der Waals surface area contributed by atoms with Gasteiger partial charge in [0.05, 0.1) is 14.2 Å². The van der Waals surface area contributed by atoms with Crippen LogP contribution in [0.25, 0.3) is 21.9 Å². The Labute approximate surface area is 188 Å². The third kappa shape index (κ3) is 4.17. The fraction of sp³-hybridized carbons (Fsp3) is 0.179. The lowest BCUT2D eigenvalue weighted by Crippen LogP contribution is -2.13. The molecule has 4 rings (SSSR count). The van der Waals surface area contributed by atoms with E-state index in [0.29, 0.717) is 17.1 Å². The molecule has 0 fully saturated rings. The van der Waals surface area contributed by atoms with Crippen LogP contribution in [0.2, 0.25) is 0 Å². The van der Waals surface area contributed by atoms with Crippen LogP contribution in [0.4, 0.5) is 5.69 Å². The van der Waals surface area contributed by atoms with Gasteiger partial charge in [-0.15, -0.1) is 0 Å². The van der Waals surface area contributed by atoms with Gasteiger partial charge in [0.2, 0.25) is 0 Å². The smallest absolute Gasteiger partial charge is 0.255 e. The predicted octanol–water partition coefficient (Wildman–Crippen LogP) is 6.70. The molecule has 0 aromatic heterocycles. The first-order valence-corrected chi connectivity index (χ1v) is 10.5. The molecule has 0 unspecified atom stereocenters. The molecule has 0 aliphatic carbocycles. The first kappa shape index (κ1) is 21.4. The molecule has 1 amide bonds. The molecular weight excluding hydrogens is 398 g/mol. The zero-order chi connectivity index (χ0) is 22.8. The summed E-state index contributed by atoms with van der Waals surface area (Å²) >= 11 is 0. The maximum absolute atomic E-state index is 13.2. The van der Waals surface area contributed by atoms with Gasteiger partial charge in [0.1, 0.15) is 0 Å². The summed E-state index contributed by atoms with van der Waals surface area (Å²) in [4.78, 5) is 13.2. The van der Waals surface area contributed by atoms with Crippen LogP contribution in [0, 0.1) is 20.8 Å². The number of nitrogens with one attached hydrogen (secondary N) is 1. The number of fused-ring (bicyclic) bond motifs is 1. The molecule has 0 bridgehead atoms. The number of methoxy groups -OCH3 is 2. The number of anilines is 1. The van der Waals surface area contributed by atoms with Crippen LogP contribution in [-0.2, 0) is 0 Å². The van der Waals surface area contributed by atoms with E-state index in [9.17, 15) is 4.79 Å². The van der Waals surface area contributed by atoms with Crippen LogP contribution in [0.5, 0.6) is 11.5 Å². The van der Waals surface area contributed by atoms with Crippen molar-refractivity contribution < 1.29 is 14.3 Å². The Balaban J connectivity index is 1.87. The second-order valence-electron chi connectivity index (χ2n) is 8.09. The van der Waals surface area contributed by atoms with Crippen LogP contribution >= 0.6 is 0 Å². The highest BCUT2D eigenvalue weighted by molar-refractivity contribution is 6.10. The van der Waals surface area contributed by atoms with Crippen molar-refractivity contribution in [1.82, 2.24) is 0 Å². The molecule has 32 heavy (non-hydrogen) atoms. The zero-order valence-electron chi connectivity index (χ0n) is 19.1. The van der Waals surface area contributed by atoms with Crippen LogP contribution in [-0.4, -0.2) is 20.1 Å². The Morgan fingerprint density at radius 3 is 2.06 bits per heavy atom. The summed E-state index contributed by atoms with van der Waals surface area (Å²) in [6.45, 7) is 6.10. The number of aryl methyl sites for hydroxylation is 3. The van der Waals surface area contributed by atoms with Crippen molar-refractivity contribution in [2.75, 3.05) is 19.5 Å². The van der Waals surface area contributed by atoms with Crippen LogP contribution in [0.15, 0.2) is 66.7 Å². The van der Waals surface area contributed by atoms with Gasteiger partial charge in [-0.05, 0) is 78.6 Å². The molecule has 0 aliphatic heterocycles.